The Morgan fingerprint density at radius 2 is 1.48 bits per heavy atom. The van der Waals surface area contributed by atoms with E-state index in [1.54, 1.807) is 31.2 Å². The van der Waals surface area contributed by atoms with Gasteiger partial charge in [-0.15, -0.1) is 11.3 Å². The third-order valence-electron chi connectivity index (χ3n) is 3.24. The third-order valence-corrected chi connectivity index (χ3v) is 4.15. The van der Waals surface area contributed by atoms with Crippen LogP contribution in [0, 0.1) is 23.7 Å². The van der Waals surface area contributed by atoms with Crippen LogP contribution in [-0.4, -0.2) is 0 Å². The van der Waals surface area contributed by atoms with Gasteiger partial charge in [0.05, 0.1) is 0 Å². The Morgan fingerprint density at radius 3 is 2.10 bits per heavy atom. The number of hydrogen-bond acceptors (Lipinski definition) is 1. The maximum Gasteiger partial charge on any atom is 0.176 e. The largest absolute Gasteiger partial charge is 0.206 e. The van der Waals surface area contributed by atoms with E-state index in [1.807, 2.05) is 0 Å². The normalized spacial score (nSPS) is 10.9. The summed E-state index contributed by atoms with van der Waals surface area (Å²) in [7, 11) is 0. The summed E-state index contributed by atoms with van der Waals surface area (Å²) in [5.74, 6) is -0.876. The summed E-state index contributed by atoms with van der Waals surface area (Å²) in [6.45, 7) is 1.79. The molecule has 0 aliphatic rings. The zero-order valence-electron chi connectivity index (χ0n) is 11.2. The maximum absolute atomic E-state index is 14.2. The van der Waals surface area contributed by atoms with E-state index >= 15 is 0 Å². The molecule has 0 unspecified atom stereocenters. The second-order valence-electron chi connectivity index (χ2n) is 4.78. The Hall–Kier alpha value is -2.07. The SMILES string of the molecule is Cc1ccc(-c2ccc(-c3ccc(F)s3)c(F)c2)c(F)c1. The lowest BCUT2D eigenvalue weighted by atomic mass is 10.0. The molecule has 0 nitrogen and oxygen atoms in total. The van der Waals surface area contributed by atoms with Crippen molar-refractivity contribution in [2.24, 2.45) is 0 Å². The molecule has 0 radical (unpaired) electrons. The molecule has 0 amide bonds. The van der Waals surface area contributed by atoms with Crippen LogP contribution in [0.5, 0.6) is 0 Å². The summed E-state index contributed by atoms with van der Waals surface area (Å²) in [5, 5.41) is -0.363. The van der Waals surface area contributed by atoms with E-state index in [-0.39, 0.29) is 10.9 Å². The second kappa shape index (κ2) is 5.37. The molecule has 21 heavy (non-hydrogen) atoms. The van der Waals surface area contributed by atoms with Crippen LogP contribution in [0.15, 0.2) is 48.5 Å². The Morgan fingerprint density at radius 1 is 0.762 bits per heavy atom. The fourth-order valence-corrected chi connectivity index (χ4v) is 2.95. The zero-order chi connectivity index (χ0) is 15.0. The first-order valence-electron chi connectivity index (χ1n) is 6.36. The number of thiophene rings is 1. The van der Waals surface area contributed by atoms with Gasteiger partial charge in [-0.1, -0.05) is 18.2 Å². The third kappa shape index (κ3) is 2.72. The maximum atomic E-state index is 14.2. The fourth-order valence-electron chi connectivity index (χ4n) is 2.20. The van der Waals surface area contributed by atoms with Crippen molar-refractivity contribution in [1.82, 2.24) is 0 Å². The van der Waals surface area contributed by atoms with Gasteiger partial charge in [-0.3, -0.25) is 0 Å². The fraction of sp³-hybridized carbons (Fsp3) is 0.0588. The highest BCUT2D eigenvalue weighted by atomic mass is 32.1. The van der Waals surface area contributed by atoms with E-state index in [0.29, 0.717) is 21.6 Å². The van der Waals surface area contributed by atoms with Crippen molar-refractivity contribution in [3.8, 4) is 21.6 Å². The summed E-state index contributed by atoms with van der Waals surface area (Å²) in [6, 6.07) is 12.1. The minimum atomic E-state index is -0.491. The van der Waals surface area contributed by atoms with Gasteiger partial charge in [0.15, 0.2) is 5.13 Å². The van der Waals surface area contributed by atoms with Crippen molar-refractivity contribution in [2.45, 2.75) is 6.92 Å². The average molecular weight is 304 g/mol. The Bertz CT molecular complexity index is 806. The Balaban J connectivity index is 2.05. The van der Waals surface area contributed by atoms with Gasteiger partial charge < -0.3 is 0 Å². The molecule has 1 heterocycles. The molecule has 0 atom stereocenters. The van der Waals surface area contributed by atoms with Gasteiger partial charge in [0.25, 0.3) is 0 Å². The number of rotatable bonds is 2. The van der Waals surface area contributed by atoms with Crippen LogP contribution in [0.2, 0.25) is 0 Å². The second-order valence-corrected chi connectivity index (χ2v) is 5.82. The molecule has 0 aliphatic carbocycles. The topological polar surface area (TPSA) is 0 Å². The van der Waals surface area contributed by atoms with Crippen molar-refractivity contribution in [3.05, 3.63) is 70.9 Å². The highest BCUT2D eigenvalue weighted by Gasteiger charge is 2.12. The van der Waals surface area contributed by atoms with Crippen molar-refractivity contribution in [1.29, 1.82) is 0 Å². The summed E-state index contributed by atoms with van der Waals surface area (Å²) in [4.78, 5) is 0.515. The molecule has 106 valence electrons. The van der Waals surface area contributed by atoms with E-state index < -0.39 is 5.82 Å². The summed E-state index contributed by atoms with van der Waals surface area (Å²) < 4.78 is 41.2. The van der Waals surface area contributed by atoms with E-state index in [4.69, 9.17) is 0 Å². The first kappa shape index (κ1) is 13.9. The van der Waals surface area contributed by atoms with Crippen molar-refractivity contribution in [3.63, 3.8) is 0 Å². The van der Waals surface area contributed by atoms with Gasteiger partial charge in [-0.2, -0.15) is 4.39 Å². The molecule has 4 heteroatoms. The summed E-state index contributed by atoms with van der Waals surface area (Å²) in [6.07, 6.45) is 0. The highest BCUT2D eigenvalue weighted by molar-refractivity contribution is 7.13. The van der Waals surface area contributed by atoms with Crippen LogP contribution in [0.4, 0.5) is 13.2 Å². The lowest BCUT2D eigenvalue weighted by molar-refractivity contribution is 0.626. The molecule has 0 bridgehead atoms. The molecule has 0 N–H and O–H groups in total. The number of benzene rings is 2. The van der Waals surface area contributed by atoms with Crippen LogP contribution in [-0.2, 0) is 0 Å². The molecule has 3 aromatic rings. The Labute approximate surface area is 124 Å². The van der Waals surface area contributed by atoms with Crippen molar-refractivity contribution < 1.29 is 13.2 Å². The van der Waals surface area contributed by atoms with E-state index in [0.717, 1.165) is 16.9 Å². The first-order chi connectivity index (χ1) is 10.0. The Kier molecular flexibility index (Phi) is 3.55. The summed E-state index contributed by atoms with van der Waals surface area (Å²) >= 11 is 0.881. The van der Waals surface area contributed by atoms with Gasteiger partial charge in [0, 0.05) is 16.0 Å². The zero-order valence-corrected chi connectivity index (χ0v) is 12.0. The van der Waals surface area contributed by atoms with Gasteiger partial charge in [0.1, 0.15) is 11.6 Å². The van der Waals surface area contributed by atoms with E-state index in [2.05, 4.69) is 0 Å². The molecular weight excluding hydrogens is 293 g/mol. The lowest BCUT2D eigenvalue weighted by Crippen LogP contribution is -1.88. The molecule has 0 saturated heterocycles. The predicted molar refractivity (Wildman–Crippen MR) is 79.8 cm³/mol. The molecule has 0 saturated carbocycles. The van der Waals surface area contributed by atoms with Gasteiger partial charge in [-0.25, -0.2) is 8.78 Å². The van der Waals surface area contributed by atoms with Crippen molar-refractivity contribution >= 4 is 11.3 Å². The molecule has 2 aromatic carbocycles. The van der Waals surface area contributed by atoms with Crippen LogP contribution in [0.25, 0.3) is 21.6 Å². The van der Waals surface area contributed by atoms with Gasteiger partial charge in [-0.05, 0) is 48.4 Å². The smallest absolute Gasteiger partial charge is 0.176 e. The summed E-state index contributed by atoms with van der Waals surface area (Å²) in [5.41, 5.74) is 1.94. The van der Waals surface area contributed by atoms with Crippen molar-refractivity contribution in [2.75, 3.05) is 0 Å². The monoisotopic (exact) mass is 304 g/mol. The quantitative estimate of drug-likeness (QED) is 0.560. The van der Waals surface area contributed by atoms with Gasteiger partial charge >= 0.3 is 0 Å². The van der Waals surface area contributed by atoms with Gasteiger partial charge in [0.2, 0.25) is 0 Å². The molecule has 0 aliphatic heterocycles. The lowest BCUT2D eigenvalue weighted by Gasteiger charge is -2.07. The minimum Gasteiger partial charge on any atom is -0.206 e. The molecule has 0 spiro atoms. The standard InChI is InChI=1S/C17H11F3S/c1-10-2-4-12(14(18)8-10)11-3-5-13(15(19)9-11)16-6-7-17(20)21-16/h2-9H,1H3. The van der Waals surface area contributed by atoms with Crippen LogP contribution < -0.4 is 0 Å². The minimum absolute atomic E-state index is 0.320. The highest BCUT2D eigenvalue weighted by Crippen LogP contribution is 2.32. The predicted octanol–water partition coefficient (Wildman–Crippen LogP) is 5.81. The average Bonchev–Trinajstić information content (AvgIpc) is 2.85. The van der Waals surface area contributed by atoms with E-state index in [9.17, 15) is 13.2 Å². The molecule has 3 rings (SSSR count). The molecule has 1 aromatic heterocycles. The van der Waals surface area contributed by atoms with E-state index in [1.165, 1.54) is 24.3 Å². The van der Waals surface area contributed by atoms with Crippen LogP contribution in [0.1, 0.15) is 5.56 Å². The van der Waals surface area contributed by atoms with Crippen LogP contribution >= 0.6 is 11.3 Å². The van der Waals surface area contributed by atoms with Crippen LogP contribution in [0.3, 0.4) is 0 Å². The molecular formula is C17H11F3S. The number of halogens is 3. The molecule has 0 fully saturated rings. The number of hydrogen-bond donors (Lipinski definition) is 0. The number of aryl methyl sites for hydroxylation is 1. The first-order valence-corrected chi connectivity index (χ1v) is 7.18.